The van der Waals surface area contributed by atoms with Gasteiger partial charge in [-0.05, 0) is 61.2 Å². The van der Waals surface area contributed by atoms with E-state index >= 15 is 0 Å². The van der Waals surface area contributed by atoms with Crippen LogP contribution in [0.3, 0.4) is 0 Å². The van der Waals surface area contributed by atoms with Gasteiger partial charge in [-0.2, -0.15) is 8.78 Å². The predicted octanol–water partition coefficient (Wildman–Crippen LogP) is 5.01. The van der Waals surface area contributed by atoms with E-state index < -0.39 is 9.47 Å². The molecule has 4 heteroatoms. The zero-order chi connectivity index (χ0) is 10.6. The molecule has 0 N–H and O–H groups in total. The molecule has 1 rings (SSSR count). The Morgan fingerprint density at radius 1 is 1.00 bits per heavy atom. The van der Waals surface area contributed by atoms with Crippen LogP contribution in [0.15, 0.2) is 33.7 Å². The molecule has 0 bridgehead atoms. The van der Waals surface area contributed by atoms with Gasteiger partial charge in [-0.1, -0.05) is 18.2 Å². The van der Waals surface area contributed by atoms with Gasteiger partial charge in [0.1, 0.15) is 0 Å². The fraction of sp³-hybridized carbons (Fsp3) is 0. The second-order valence-corrected chi connectivity index (χ2v) is 4.05. The molecule has 0 heterocycles. The van der Waals surface area contributed by atoms with Gasteiger partial charge in [0, 0.05) is 0 Å². The maximum atomic E-state index is 12.5. The molecule has 0 fully saturated rings. The summed E-state index contributed by atoms with van der Waals surface area (Å²) in [6, 6.07) is 6.85. The average molecular weight is 324 g/mol. The fourth-order valence-electron chi connectivity index (χ4n) is 0.991. The maximum absolute atomic E-state index is 12.5. The molecule has 0 saturated carbocycles. The summed E-state index contributed by atoms with van der Waals surface area (Å²) in [5, 5.41) is 0. The minimum atomic E-state index is -0.460. The summed E-state index contributed by atoms with van der Waals surface area (Å²) >= 11 is 5.36. The van der Waals surface area contributed by atoms with Gasteiger partial charge in [-0.25, -0.2) is 0 Å². The molecule has 0 aliphatic rings. The Morgan fingerprint density at radius 2 is 1.43 bits per heavy atom. The van der Waals surface area contributed by atoms with E-state index in [0.29, 0.717) is 11.1 Å². The van der Waals surface area contributed by atoms with Crippen molar-refractivity contribution in [3.05, 3.63) is 44.9 Å². The molecule has 0 aliphatic carbocycles. The molecular formula is C10H6Br2F2. The smallest absolute Gasteiger partial charge is 0.166 e. The van der Waals surface area contributed by atoms with Crippen molar-refractivity contribution < 1.29 is 8.78 Å². The van der Waals surface area contributed by atoms with Crippen LogP contribution in [0.1, 0.15) is 11.1 Å². The van der Waals surface area contributed by atoms with Crippen molar-refractivity contribution in [3.8, 4) is 0 Å². The van der Waals surface area contributed by atoms with Crippen molar-refractivity contribution in [1.29, 1.82) is 0 Å². The minimum absolute atomic E-state index is 0.460. The van der Waals surface area contributed by atoms with Crippen molar-refractivity contribution in [1.82, 2.24) is 0 Å². The van der Waals surface area contributed by atoms with Gasteiger partial charge in [0.2, 0.25) is 0 Å². The second kappa shape index (κ2) is 5.41. The van der Waals surface area contributed by atoms with Crippen LogP contribution in [0.25, 0.3) is 12.2 Å². The summed E-state index contributed by atoms with van der Waals surface area (Å²) in [5.41, 5.74) is 1.34. The van der Waals surface area contributed by atoms with Crippen LogP contribution >= 0.6 is 31.9 Å². The first-order valence-electron chi connectivity index (χ1n) is 3.73. The van der Waals surface area contributed by atoms with Crippen LogP contribution in [-0.4, -0.2) is 0 Å². The van der Waals surface area contributed by atoms with Gasteiger partial charge < -0.3 is 0 Å². The number of hydrogen-bond donors (Lipinski definition) is 0. The standard InChI is InChI=1S/C10H6Br2F2/c11-9(13)5-7-2-1-3-8(4-7)6-10(12)14/h1-6H/b9-5+,10-6+. The Morgan fingerprint density at radius 3 is 1.79 bits per heavy atom. The molecule has 1 aromatic carbocycles. The van der Waals surface area contributed by atoms with E-state index in [1.54, 1.807) is 24.3 Å². The van der Waals surface area contributed by atoms with Crippen molar-refractivity contribution >= 4 is 44.0 Å². The molecule has 0 spiro atoms. The Bertz CT molecular complexity index is 342. The topological polar surface area (TPSA) is 0 Å². The highest BCUT2D eigenvalue weighted by Crippen LogP contribution is 2.17. The lowest BCUT2D eigenvalue weighted by Gasteiger charge is -1.96. The van der Waals surface area contributed by atoms with E-state index in [0.717, 1.165) is 0 Å². The van der Waals surface area contributed by atoms with Gasteiger partial charge in [-0.3, -0.25) is 0 Å². The quantitative estimate of drug-likeness (QED) is 0.717. The molecule has 0 aliphatic heterocycles. The summed E-state index contributed by atoms with van der Waals surface area (Å²) in [6.45, 7) is 0. The molecule has 74 valence electrons. The highest BCUT2D eigenvalue weighted by molar-refractivity contribution is 9.11. The minimum Gasteiger partial charge on any atom is -0.199 e. The molecule has 14 heavy (non-hydrogen) atoms. The molecule has 0 amide bonds. The lowest BCUT2D eigenvalue weighted by atomic mass is 10.1. The first-order chi connectivity index (χ1) is 6.58. The van der Waals surface area contributed by atoms with E-state index in [-0.39, 0.29) is 0 Å². The van der Waals surface area contributed by atoms with Gasteiger partial charge in [0.05, 0.1) is 0 Å². The first-order valence-corrected chi connectivity index (χ1v) is 5.32. The van der Waals surface area contributed by atoms with Crippen LogP contribution in [0.5, 0.6) is 0 Å². The largest absolute Gasteiger partial charge is 0.199 e. The van der Waals surface area contributed by atoms with Gasteiger partial charge >= 0.3 is 0 Å². The summed E-state index contributed by atoms with van der Waals surface area (Å²) in [7, 11) is 0. The molecular weight excluding hydrogens is 318 g/mol. The molecule has 0 radical (unpaired) electrons. The van der Waals surface area contributed by atoms with E-state index in [4.69, 9.17) is 0 Å². The summed E-state index contributed by atoms with van der Waals surface area (Å²) in [5.74, 6) is 0. The molecule has 0 saturated heterocycles. The third-order valence-corrected chi connectivity index (χ3v) is 1.92. The van der Waals surface area contributed by atoms with Crippen LogP contribution in [-0.2, 0) is 0 Å². The third kappa shape index (κ3) is 4.15. The summed E-state index contributed by atoms with van der Waals surface area (Å²) in [6.07, 6.45) is 2.62. The van der Waals surface area contributed by atoms with E-state index in [2.05, 4.69) is 31.9 Å². The Balaban J connectivity index is 3.01. The predicted molar refractivity (Wildman–Crippen MR) is 62.5 cm³/mol. The number of halogens is 4. The zero-order valence-corrected chi connectivity index (χ0v) is 10.1. The van der Waals surface area contributed by atoms with Crippen molar-refractivity contribution in [2.24, 2.45) is 0 Å². The third-order valence-electron chi connectivity index (χ3n) is 1.46. The molecule has 0 nitrogen and oxygen atoms in total. The van der Waals surface area contributed by atoms with Gasteiger partial charge in [-0.15, -0.1) is 0 Å². The van der Waals surface area contributed by atoms with Crippen LogP contribution in [0, 0.1) is 0 Å². The molecule has 0 aromatic heterocycles. The Kier molecular flexibility index (Phi) is 4.48. The fourth-order valence-corrected chi connectivity index (χ4v) is 1.52. The number of rotatable bonds is 2. The number of benzene rings is 1. The monoisotopic (exact) mass is 322 g/mol. The molecule has 0 atom stereocenters. The Hall–Kier alpha value is -0.480. The van der Waals surface area contributed by atoms with E-state index in [9.17, 15) is 8.78 Å². The molecule has 0 unspecified atom stereocenters. The highest BCUT2D eigenvalue weighted by Gasteiger charge is 1.94. The lowest BCUT2D eigenvalue weighted by Crippen LogP contribution is -1.75. The zero-order valence-electron chi connectivity index (χ0n) is 6.98. The second-order valence-electron chi connectivity index (χ2n) is 2.54. The van der Waals surface area contributed by atoms with Crippen molar-refractivity contribution in [2.45, 2.75) is 0 Å². The van der Waals surface area contributed by atoms with E-state index in [1.165, 1.54) is 12.2 Å². The van der Waals surface area contributed by atoms with Crippen LogP contribution in [0.4, 0.5) is 8.78 Å². The van der Waals surface area contributed by atoms with Gasteiger partial charge in [0.15, 0.2) is 9.47 Å². The van der Waals surface area contributed by atoms with Gasteiger partial charge in [0.25, 0.3) is 0 Å². The first kappa shape index (κ1) is 11.6. The van der Waals surface area contributed by atoms with Crippen molar-refractivity contribution in [2.75, 3.05) is 0 Å². The summed E-state index contributed by atoms with van der Waals surface area (Å²) < 4.78 is 24.0. The van der Waals surface area contributed by atoms with Crippen LogP contribution < -0.4 is 0 Å². The average Bonchev–Trinajstić information content (AvgIpc) is 2.01. The van der Waals surface area contributed by atoms with Crippen LogP contribution in [0.2, 0.25) is 0 Å². The summed E-state index contributed by atoms with van der Waals surface area (Å²) in [4.78, 5) is 0. The SMILES string of the molecule is F/C(Br)=C/c1cccc(/C=C(/F)Br)c1. The number of hydrogen-bond acceptors (Lipinski definition) is 0. The van der Waals surface area contributed by atoms with Crippen molar-refractivity contribution in [3.63, 3.8) is 0 Å². The normalized spacial score (nSPS) is 13.1. The molecule has 1 aromatic rings. The van der Waals surface area contributed by atoms with E-state index in [1.807, 2.05) is 0 Å². The lowest BCUT2D eigenvalue weighted by molar-refractivity contribution is 0.711. The highest BCUT2D eigenvalue weighted by atomic mass is 79.9. The Labute approximate surface area is 97.6 Å². The maximum Gasteiger partial charge on any atom is 0.166 e.